The molecule has 2 N–H and O–H groups in total. The van der Waals surface area contributed by atoms with Gasteiger partial charge in [-0.2, -0.15) is 0 Å². The number of rotatable bonds is 7. The third-order valence-electron chi connectivity index (χ3n) is 4.48. The predicted molar refractivity (Wildman–Crippen MR) is 82.1 cm³/mol. The normalized spacial score (nSPS) is 24.2. The summed E-state index contributed by atoms with van der Waals surface area (Å²) in [5.74, 6) is 1.58. The van der Waals surface area contributed by atoms with Gasteiger partial charge in [0.05, 0.1) is 19.3 Å². The summed E-state index contributed by atoms with van der Waals surface area (Å²) >= 11 is 0. The van der Waals surface area contributed by atoms with E-state index in [1.807, 2.05) is 4.90 Å². The molecule has 0 bridgehead atoms. The Labute approximate surface area is 128 Å². The second-order valence-electron chi connectivity index (χ2n) is 6.87. The van der Waals surface area contributed by atoms with Crippen molar-refractivity contribution in [2.24, 2.45) is 17.8 Å². The lowest BCUT2D eigenvalue weighted by Gasteiger charge is -2.36. The molecule has 2 fully saturated rings. The van der Waals surface area contributed by atoms with Crippen molar-refractivity contribution in [2.75, 3.05) is 32.9 Å². The highest BCUT2D eigenvalue weighted by atomic mass is 16.5. The maximum absolute atomic E-state index is 12.4. The van der Waals surface area contributed by atoms with E-state index in [1.165, 1.54) is 12.8 Å². The first-order valence-electron chi connectivity index (χ1n) is 8.35. The van der Waals surface area contributed by atoms with Crippen LogP contribution in [0.5, 0.6) is 0 Å². The van der Waals surface area contributed by atoms with Gasteiger partial charge < -0.3 is 20.1 Å². The molecule has 1 heterocycles. The number of urea groups is 1. The van der Waals surface area contributed by atoms with Gasteiger partial charge in [-0.15, -0.1) is 0 Å². The smallest absolute Gasteiger partial charge is 0.317 e. The first-order valence-corrected chi connectivity index (χ1v) is 8.35. The summed E-state index contributed by atoms with van der Waals surface area (Å²) in [7, 11) is 0. The number of hydrogen-bond acceptors (Lipinski definition) is 3. The third-order valence-corrected chi connectivity index (χ3v) is 4.48. The molecule has 2 unspecified atom stereocenters. The maximum atomic E-state index is 12.4. The van der Waals surface area contributed by atoms with Crippen LogP contribution >= 0.6 is 0 Å². The van der Waals surface area contributed by atoms with E-state index >= 15 is 0 Å². The molecule has 1 aliphatic carbocycles. The van der Waals surface area contributed by atoms with E-state index in [1.54, 1.807) is 0 Å². The minimum absolute atomic E-state index is 0.0434. The molecule has 0 spiro atoms. The van der Waals surface area contributed by atoms with Gasteiger partial charge in [0.25, 0.3) is 0 Å². The predicted octanol–water partition coefficient (Wildman–Crippen LogP) is 1.85. The standard InChI is InChI=1S/C16H30N2O3/c1-12(2)9-13(5-7-19)10-17-16(20)18-6-8-21-11-15(18)14-3-4-14/h12-15,19H,3-11H2,1-2H3,(H,17,20). The largest absolute Gasteiger partial charge is 0.396 e. The van der Waals surface area contributed by atoms with Crippen molar-refractivity contribution in [2.45, 2.75) is 45.6 Å². The van der Waals surface area contributed by atoms with E-state index in [4.69, 9.17) is 9.84 Å². The highest BCUT2D eigenvalue weighted by Gasteiger charge is 2.39. The van der Waals surface area contributed by atoms with Crippen LogP contribution in [0, 0.1) is 17.8 Å². The van der Waals surface area contributed by atoms with Crippen molar-refractivity contribution in [3.05, 3.63) is 0 Å². The summed E-state index contributed by atoms with van der Waals surface area (Å²) in [6.45, 7) is 7.23. The van der Waals surface area contributed by atoms with Crippen LogP contribution in [0.1, 0.15) is 39.5 Å². The molecule has 5 nitrogen and oxygen atoms in total. The SMILES string of the molecule is CC(C)CC(CCO)CNC(=O)N1CCOCC1C1CC1. The number of nitrogens with zero attached hydrogens (tertiary/aromatic N) is 1. The van der Waals surface area contributed by atoms with Gasteiger partial charge in [-0.25, -0.2) is 4.79 Å². The second kappa shape index (κ2) is 7.99. The van der Waals surface area contributed by atoms with E-state index < -0.39 is 0 Å². The van der Waals surface area contributed by atoms with Gasteiger partial charge >= 0.3 is 6.03 Å². The number of amides is 2. The van der Waals surface area contributed by atoms with Crippen LogP contribution in [0.2, 0.25) is 0 Å². The molecule has 1 saturated carbocycles. The van der Waals surface area contributed by atoms with E-state index in [-0.39, 0.29) is 18.7 Å². The van der Waals surface area contributed by atoms with Crippen molar-refractivity contribution in [3.8, 4) is 0 Å². The Bertz CT molecular complexity index is 331. The quantitative estimate of drug-likeness (QED) is 0.754. The van der Waals surface area contributed by atoms with Crippen molar-refractivity contribution < 1.29 is 14.6 Å². The number of aliphatic hydroxyl groups is 1. The van der Waals surface area contributed by atoms with Gasteiger partial charge in [0.2, 0.25) is 0 Å². The minimum Gasteiger partial charge on any atom is -0.396 e. The molecule has 2 atom stereocenters. The zero-order valence-corrected chi connectivity index (χ0v) is 13.4. The van der Waals surface area contributed by atoms with Gasteiger partial charge in [0, 0.05) is 19.7 Å². The Morgan fingerprint density at radius 3 is 2.81 bits per heavy atom. The number of hydrogen-bond donors (Lipinski definition) is 2. The molecule has 0 aromatic carbocycles. The van der Waals surface area contributed by atoms with E-state index in [0.29, 0.717) is 44.1 Å². The van der Waals surface area contributed by atoms with E-state index in [2.05, 4.69) is 19.2 Å². The number of ether oxygens (including phenoxy) is 1. The van der Waals surface area contributed by atoms with Gasteiger partial charge in [-0.05, 0) is 43.4 Å². The first kappa shape index (κ1) is 16.6. The third kappa shape index (κ3) is 5.15. The first-order chi connectivity index (χ1) is 10.1. The molecule has 5 heteroatoms. The molecule has 2 aliphatic rings. The molecule has 1 aliphatic heterocycles. The van der Waals surface area contributed by atoms with Crippen molar-refractivity contribution in [1.29, 1.82) is 0 Å². The molecule has 1 saturated heterocycles. The minimum atomic E-state index is 0.0434. The summed E-state index contributed by atoms with van der Waals surface area (Å²) in [5, 5.41) is 12.2. The van der Waals surface area contributed by atoms with Crippen LogP contribution in [0.4, 0.5) is 4.79 Å². The molecule has 122 valence electrons. The van der Waals surface area contributed by atoms with Gasteiger partial charge in [0.1, 0.15) is 0 Å². The van der Waals surface area contributed by atoms with Crippen LogP contribution < -0.4 is 5.32 Å². The van der Waals surface area contributed by atoms with Crippen molar-refractivity contribution in [1.82, 2.24) is 10.2 Å². The summed E-state index contributed by atoms with van der Waals surface area (Å²) in [6.07, 6.45) is 4.24. The van der Waals surface area contributed by atoms with Gasteiger partial charge in [-0.1, -0.05) is 13.8 Å². The summed E-state index contributed by atoms with van der Waals surface area (Å²) < 4.78 is 5.53. The Morgan fingerprint density at radius 2 is 2.19 bits per heavy atom. The average Bonchev–Trinajstić information content (AvgIpc) is 3.28. The van der Waals surface area contributed by atoms with Gasteiger partial charge in [0.15, 0.2) is 0 Å². The monoisotopic (exact) mass is 298 g/mol. The Hall–Kier alpha value is -0.810. The van der Waals surface area contributed by atoms with Crippen LogP contribution in [-0.4, -0.2) is 55.0 Å². The number of morpholine rings is 1. The molecule has 21 heavy (non-hydrogen) atoms. The number of nitrogens with one attached hydrogen (secondary N) is 1. The van der Waals surface area contributed by atoms with Crippen LogP contribution in [0.3, 0.4) is 0 Å². The second-order valence-corrected chi connectivity index (χ2v) is 6.87. The Kier molecular flexibility index (Phi) is 6.30. The average molecular weight is 298 g/mol. The molecular weight excluding hydrogens is 268 g/mol. The van der Waals surface area contributed by atoms with Crippen molar-refractivity contribution in [3.63, 3.8) is 0 Å². The number of carbonyl (C=O) groups is 1. The Balaban J connectivity index is 1.81. The number of carbonyl (C=O) groups excluding carboxylic acids is 1. The molecule has 2 amide bonds. The lowest BCUT2D eigenvalue weighted by molar-refractivity contribution is 0.00445. The summed E-state index contributed by atoms with van der Waals surface area (Å²) in [6, 6.07) is 0.307. The van der Waals surface area contributed by atoms with Crippen molar-refractivity contribution >= 4 is 6.03 Å². The van der Waals surface area contributed by atoms with Crippen LogP contribution in [-0.2, 0) is 4.74 Å². The summed E-state index contributed by atoms with van der Waals surface area (Å²) in [5.41, 5.74) is 0. The lowest BCUT2D eigenvalue weighted by Crippen LogP contribution is -2.54. The number of aliphatic hydroxyl groups excluding tert-OH is 1. The molecule has 0 radical (unpaired) electrons. The van der Waals surface area contributed by atoms with E-state index in [9.17, 15) is 4.79 Å². The molecule has 2 rings (SSSR count). The zero-order chi connectivity index (χ0) is 15.2. The fourth-order valence-corrected chi connectivity index (χ4v) is 3.23. The fourth-order valence-electron chi connectivity index (χ4n) is 3.23. The highest BCUT2D eigenvalue weighted by Crippen LogP contribution is 2.36. The maximum Gasteiger partial charge on any atom is 0.317 e. The summed E-state index contributed by atoms with van der Waals surface area (Å²) in [4.78, 5) is 14.4. The zero-order valence-electron chi connectivity index (χ0n) is 13.4. The highest BCUT2D eigenvalue weighted by molar-refractivity contribution is 5.74. The molecule has 0 aromatic rings. The topological polar surface area (TPSA) is 61.8 Å². The van der Waals surface area contributed by atoms with Crippen LogP contribution in [0.15, 0.2) is 0 Å². The lowest BCUT2D eigenvalue weighted by atomic mass is 9.94. The van der Waals surface area contributed by atoms with Crippen LogP contribution in [0.25, 0.3) is 0 Å². The molecule has 0 aromatic heterocycles. The Morgan fingerprint density at radius 1 is 1.43 bits per heavy atom. The van der Waals surface area contributed by atoms with Gasteiger partial charge in [-0.3, -0.25) is 0 Å². The fraction of sp³-hybridized carbons (Fsp3) is 0.938. The molecular formula is C16H30N2O3. The van der Waals surface area contributed by atoms with E-state index in [0.717, 1.165) is 12.8 Å².